The molecule has 20 heavy (non-hydrogen) atoms. The molecule has 1 atom stereocenters. The number of nitrogens with zero attached hydrogens (tertiary/aromatic N) is 1. The van der Waals surface area contributed by atoms with Gasteiger partial charge in [-0.05, 0) is 45.1 Å². The second-order valence-electron chi connectivity index (χ2n) is 5.84. The summed E-state index contributed by atoms with van der Waals surface area (Å²) in [6.45, 7) is 4.37. The second kappa shape index (κ2) is 7.94. The van der Waals surface area contributed by atoms with Gasteiger partial charge in [-0.3, -0.25) is 0 Å². The Hall–Kier alpha value is 0.120. The number of methoxy groups -OCH3 is 1. The number of hydrogen-bond acceptors (Lipinski definition) is 4. The number of halogens is 1. The lowest BCUT2D eigenvalue weighted by atomic mass is 10.1. The molecule has 1 N–H and O–H groups in total. The lowest BCUT2D eigenvalue weighted by Crippen LogP contribution is -2.48. The van der Waals surface area contributed by atoms with Gasteiger partial charge in [0.25, 0.3) is 0 Å². The summed E-state index contributed by atoms with van der Waals surface area (Å²) in [5.74, 6) is 0.878. The highest BCUT2D eigenvalue weighted by Crippen LogP contribution is 2.28. The predicted octanol–water partition coefficient (Wildman–Crippen LogP) is 1.24. The maximum absolute atomic E-state index is 12.3. The summed E-state index contributed by atoms with van der Waals surface area (Å²) in [5, 5.41) is 3.11. The summed E-state index contributed by atoms with van der Waals surface area (Å²) in [5.41, 5.74) is 0. The van der Waals surface area contributed by atoms with Gasteiger partial charge in [0.15, 0.2) is 0 Å². The van der Waals surface area contributed by atoms with Crippen LogP contribution in [-0.4, -0.2) is 57.4 Å². The van der Waals surface area contributed by atoms with Crippen molar-refractivity contribution >= 4 is 22.4 Å². The molecule has 1 aliphatic carbocycles. The monoisotopic (exact) mass is 326 g/mol. The zero-order valence-corrected chi connectivity index (χ0v) is 14.0. The molecule has 0 bridgehead atoms. The molecule has 0 aromatic heterocycles. The predicted molar refractivity (Wildman–Crippen MR) is 82.8 cm³/mol. The Kier molecular flexibility index (Phi) is 7.21. The van der Waals surface area contributed by atoms with E-state index in [-0.39, 0.29) is 19.0 Å². The van der Waals surface area contributed by atoms with Gasteiger partial charge in [0.1, 0.15) is 0 Å². The van der Waals surface area contributed by atoms with Gasteiger partial charge in [-0.25, -0.2) is 12.7 Å². The fourth-order valence-electron chi connectivity index (χ4n) is 2.54. The average molecular weight is 327 g/mol. The van der Waals surface area contributed by atoms with E-state index in [9.17, 15) is 8.42 Å². The third-order valence-electron chi connectivity index (χ3n) is 4.12. The van der Waals surface area contributed by atoms with Crippen LogP contribution in [0.25, 0.3) is 0 Å². The first-order valence-corrected chi connectivity index (χ1v) is 8.75. The summed E-state index contributed by atoms with van der Waals surface area (Å²) in [6, 6.07) is 0.491. The van der Waals surface area contributed by atoms with Crippen LogP contribution >= 0.6 is 12.4 Å². The lowest BCUT2D eigenvalue weighted by Gasteiger charge is -2.33. The largest absolute Gasteiger partial charge is 0.383 e. The van der Waals surface area contributed by atoms with Crippen LogP contribution in [-0.2, 0) is 14.8 Å². The molecule has 1 unspecified atom stereocenters. The van der Waals surface area contributed by atoms with E-state index in [0.717, 1.165) is 25.3 Å². The summed E-state index contributed by atoms with van der Waals surface area (Å²) in [6.07, 6.45) is 4.56. The van der Waals surface area contributed by atoms with Crippen molar-refractivity contribution in [2.75, 3.05) is 33.4 Å². The Morgan fingerprint density at radius 2 is 1.85 bits per heavy atom. The van der Waals surface area contributed by atoms with Gasteiger partial charge in [-0.1, -0.05) is 0 Å². The fraction of sp³-hybridized carbons (Fsp3) is 1.00. The SMILES string of the molecule is COCC(C)S(=O)(=O)N1CCC(NCC2CC2)CC1.Cl. The van der Waals surface area contributed by atoms with Gasteiger partial charge in [-0.2, -0.15) is 0 Å². The Morgan fingerprint density at radius 1 is 1.25 bits per heavy atom. The van der Waals surface area contributed by atoms with Crippen molar-refractivity contribution in [3.63, 3.8) is 0 Å². The molecule has 0 amide bonds. The molecule has 7 heteroatoms. The van der Waals surface area contributed by atoms with Crippen molar-refractivity contribution in [2.45, 2.75) is 43.9 Å². The van der Waals surface area contributed by atoms with Crippen LogP contribution in [0.3, 0.4) is 0 Å². The standard InChI is InChI=1S/C13H26N2O3S.ClH/c1-11(10-18-2)19(16,17)15-7-5-13(6-8-15)14-9-12-3-4-12;/h11-14H,3-10H2,1-2H3;1H. The van der Waals surface area contributed by atoms with E-state index in [1.165, 1.54) is 12.8 Å². The van der Waals surface area contributed by atoms with Crippen LogP contribution in [0.2, 0.25) is 0 Å². The average Bonchev–Trinajstić information content (AvgIpc) is 3.21. The smallest absolute Gasteiger partial charge is 0.218 e. The van der Waals surface area contributed by atoms with E-state index in [4.69, 9.17) is 4.74 Å². The Balaban J connectivity index is 0.00000200. The minimum absolute atomic E-state index is 0. The van der Waals surface area contributed by atoms with Gasteiger partial charge in [0.2, 0.25) is 10.0 Å². The van der Waals surface area contributed by atoms with Gasteiger partial charge in [0, 0.05) is 26.2 Å². The van der Waals surface area contributed by atoms with Crippen LogP contribution in [0.1, 0.15) is 32.6 Å². The first-order valence-electron chi connectivity index (χ1n) is 7.25. The highest BCUT2D eigenvalue weighted by atomic mass is 35.5. The molecule has 1 heterocycles. The van der Waals surface area contributed by atoms with E-state index in [1.54, 1.807) is 18.3 Å². The number of sulfonamides is 1. The fourth-order valence-corrected chi connectivity index (χ4v) is 4.08. The van der Waals surface area contributed by atoms with Crippen molar-refractivity contribution in [2.24, 2.45) is 5.92 Å². The molecule has 2 fully saturated rings. The summed E-state index contributed by atoms with van der Waals surface area (Å²) >= 11 is 0. The highest BCUT2D eigenvalue weighted by Gasteiger charge is 2.32. The Morgan fingerprint density at radius 3 is 2.35 bits per heavy atom. The first kappa shape index (κ1) is 18.2. The van der Waals surface area contributed by atoms with Gasteiger partial charge in [0.05, 0.1) is 11.9 Å². The maximum Gasteiger partial charge on any atom is 0.218 e. The molecule has 2 aliphatic rings. The van der Waals surface area contributed by atoms with Crippen LogP contribution < -0.4 is 5.32 Å². The molecular formula is C13H27ClN2O3S. The van der Waals surface area contributed by atoms with Crippen LogP contribution in [0.15, 0.2) is 0 Å². The Labute approximate surface area is 128 Å². The van der Waals surface area contributed by atoms with Crippen molar-refractivity contribution < 1.29 is 13.2 Å². The maximum atomic E-state index is 12.3. The number of ether oxygens (including phenoxy) is 1. The van der Waals surface area contributed by atoms with E-state index in [2.05, 4.69) is 5.32 Å². The Bertz CT molecular complexity index is 379. The third kappa shape index (κ3) is 4.84. The molecular weight excluding hydrogens is 300 g/mol. The van der Waals surface area contributed by atoms with Gasteiger partial charge < -0.3 is 10.1 Å². The lowest BCUT2D eigenvalue weighted by molar-refractivity contribution is 0.196. The van der Waals surface area contributed by atoms with Crippen molar-refractivity contribution in [1.29, 1.82) is 0 Å². The van der Waals surface area contributed by atoms with Crippen molar-refractivity contribution in [1.82, 2.24) is 9.62 Å². The topological polar surface area (TPSA) is 58.6 Å². The first-order chi connectivity index (χ1) is 9.04. The quantitative estimate of drug-likeness (QED) is 0.764. The molecule has 1 saturated heterocycles. The van der Waals surface area contributed by atoms with Crippen LogP contribution in [0.5, 0.6) is 0 Å². The van der Waals surface area contributed by atoms with Crippen molar-refractivity contribution in [3.8, 4) is 0 Å². The molecule has 1 aliphatic heterocycles. The third-order valence-corrected chi connectivity index (χ3v) is 6.35. The van der Waals surface area contributed by atoms with E-state index >= 15 is 0 Å². The minimum Gasteiger partial charge on any atom is -0.383 e. The highest BCUT2D eigenvalue weighted by molar-refractivity contribution is 7.89. The molecule has 0 aromatic carbocycles. The molecule has 120 valence electrons. The van der Waals surface area contributed by atoms with Gasteiger partial charge in [-0.15, -0.1) is 12.4 Å². The number of nitrogens with one attached hydrogen (secondary N) is 1. The molecule has 1 saturated carbocycles. The van der Waals surface area contributed by atoms with E-state index in [1.807, 2.05) is 0 Å². The van der Waals surface area contributed by atoms with Crippen LogP contribution in [0, 0.1) is 5.92 Å². The van der Waals surface area contributed by atoms with E-state index < -0.39 is 15.3 Å². The summed E-state index contributed by atoms with van der Waals surface area (Å²) < 4.78 is 31.2. The zero-order chi connectivity index (χ0) is 13.9. The number of hydrogen-bond donors (Lipinski definition) is 1. The van der Waals surface area contributed by atoms with E-state index in [0.29, 0.717) is 19.1 Å². The van der Waals surface area contributed by atoms with Crippen LogP contribution in [0.4, 0.5) is 0 Å². The molecule has 0 aromatic rings. The van der Waals surface area contributed by atoms with Crippen molar-refractivity contribution in [3.05, 3.63) is 0 Å². The number of piperidine rings is 1. The molecule has 0 spiro atoms. The second-order valence-corrected chi connectivity index (χ2v) is 8.19. The summed E-state index contributed by atoms with van der Waals surface area (Å²) in [4.78, 5) is 0. The molecule has 0 radical (unpaired) electrons. The normalized spacial score (nSPS) is 23.3. The van der Waals surface area contributed by atoms with Gasteiger partial charge >= 0.3 is 0 Å². The zero-order valence-electron chi connectivity index (χ0n) is 12.4. The molecule has 2 rings (SSSR count). The minimum atomic E-state index is -3.19. The number of rotatable bonds is 7. The molecule has 5 nitrogen and oxygen atoms in total. The summed E-state index contributed by atoms with van der Waals surface area (Å²) in [7, 11) is -1.64.